The van der Waals surface area contributed by atoms with Gasteiger partial charge >= 0.3 is 0 Å². The predicted octanol–water partition coefficient (Wildman–Crippen LogP) is 11.9. The summed E-state index contributed by atoms with van der Waals surface area (Å²) < 4.78 is 2.38. The number of hydrogen-bond donors (Lipinski definition) is 0. The SMILES string of the molecule is c1ccc(-c2ccc(-c3nc(-c4ccccc4)nc(-c4ccc(-n5c6ccc7ccccc7c6c6c7ccccc7ccc65)cc4)n3)cc2)cc1. The van der Waals surface area contributed by atoms with Crippen LogP contribution >= 0.6 is 0 Å². The lowest BCUT2D eigenvalue weighted by atomic mass is 10.00. The van der Waals surface area contributed by atoms with Gasteiger partial charge in [-0.2, -0.15) is 0 Å². The molecule has 0 saturated carbocycles. The molecule has 0 unspecified atom stereocenters. The number of rotatable bonds is 5. The maximum atomic E-state index is 5.03. The van der Waals surface area contributed by atoms with Crippen molar-refractivity contribution in [1.82, 2.24) is 19.5 Å². The van der Waals surface area contributed by atoms with Gasteiger partial charge in [0.2, 0.25) is 0 Å². The first-order valence-electron chi connectivity index (χ1n) is 17.2. The monoisotopic (exact) mass is 650 g/mol. The zero-order valence-corrected chi connectivity index (χ0v) is 27.6. The molecule has 10 rings (SSSR count). The molecular weight excluding hydrogens is 621 g/mol. The molecule has 2 heterocycles. The first kappa shape index (κ1) is 29.0. The summed E-state index contributed by atoms with van der Waals surface area (Å²) in [6.45, 7) is 0. The molecule has 51 heavy (non-hydrogen) atoms. The summed E-state index contributed by atoms with van der Waals surface area (Å²) in [5, 5.41) is 7.54. The topological polar surface area (TPSA) is 43.6 Å². The molecule has 4 nitrogen and oxygen atoms in total. The molecule has 0 aliphatic heterocycles. The molecule has 0 amide bonds. The molecule has 238 valence electrons. The number of fused-ring (bicyclic) bond motifs is 7. The zero-order chi connectivity index (χ0) is 33.7. The van der Waals surface area contributed by atoms with Gasteiger partial charge in [-0.1, -0.05) is 146 Å². The van der Waals surface area contributed by atoms with Crippen molar-refractivity contribution in [2.24, 2.45) is 0 Å². The second-order valence-electron chi connectivity index (χ2n) is 12.9. The normalized spacial score (nSPS) is 11.5. The Morgan fingerprint density at radius 2 is 0.667 bits per heavy atom. The van der Waals surface area contributed by atoms with Crippen LogP contribution in [0.2, 0.25) is 0 Å². The van der Waals surface area contributed by atoms with Crippen LogP contribution in [-0.4, -0.2) is 19.5 Å². The van der Waals surface area contributed by atoms with Crippen LogP contribution in [0, 0.1) is 0 Å². The maximum Gasteiger partial charge on any atom is 0.164 e. The van der Waals surface area contributed by atoms with E-state index in [0.717, 1.165) is 27.9 Å². The summed E-state index contributed by atoms with van der Waals surface area (Å²) in [7, 11) is 0. The van der Waals surface area contributed by atoms with E-state index in [9.17, 15) is 0 Å². The van der Waals surface area contributed by atoms with Crippen molar-refractivity contribution in [1.29, 1.82) is 0 Å². The Hall–Kier alpha value is -6.91. The largest absolute Gasteiger partial charge is 0.309 e. The highest BCUT2D eigenvalue weighted by molar-refractivity contribution is 6.28. The van der Waals surface area contributed by atoms with Gasteiger partial charge in [-0.05, 0) is 69.1 Å². The molecule has 0 N–H and O–H groups in total. The Bertz CT molecular complexity index is 2780. The number of aromatic nitrogens is 4. The van der Waals surface area contributed by atoms with E-state index < -0.39 is 0 Å². The predicted molar refractivity (Wildman–Crippen MR) is 211 cm³/mol. The molecule has 4 heteroatoms. The van der Waals surface area contributed by atoms with Crippen LogP contribution < -0.4 is 0 Å². The van der Waals surface area contributed by atoms with Gasteiger partial charge in [0.05, 0.1) is 11.0 Å². The van der Waals surface area contributed by atoms with Gasteiger partial charge in [0.1, 0.15) is 0 Å². The highest BCUT2D eigenvalue weighted by Gasteiger charge is 2.18. The van der Waals surface area contributed by atoms with E-state index in [-0.39, 0.29) is 0 Å². The number of nitrogens with zero attached hydrogens (tertiary/aromatic N) is 4. The van der Waals surface area contributed by atoms with Gasteiger partial charge in [0.25, 0.3) is 0 Å². The number of benzene rings is 8. The van der Waals surface area contributed by atoms with Gasteiger partial charge < -0.3 is 4.57 Å². The van der Waals surface area contributed by atoms with Crippen molar-refractivity contribution in [2.75, 3.05) is 0 Å². The average Bonchev–Trinajstić information content (AvgIpc) is 3.57. The summed E-state index contributed by atoms with van der Waals surface area (Å²) in [6, 6.07) is 63.9. The van der Waals surface area contributed by atoms with Crippen LogP contribution in [0.15, 0.2) is 182 Å². The number of hydrogen-bond acceptors (Lipinski definition) is 3. The van der Waals surface area contributed by atoms with E-state index in [0.29, 0.717) is 17.5 Å². The average molecular weight is 651 g/mol. The van der Waals surface area contributed by atoms with Crippen LogP contribution in [-0.2, 0) is 0 Å². The summed E-state index contributed by atoms with van der Waals surface area (Å²) in [5.41, 5.74) is 8.59. The molecule has 8 aromatic carbocycles. The fourth-order valence-electron chi connectivity index (χ4n) is 7.38. The Morgan fingerprint density at radius 3 is 1.18 bits per heavy atom. The van der Waals surface area contributed by atoms with Crippen LogP contribution in [0.25, 0.3) is 94.3 Å². The van der Waals surface area contributed by atoms with E-state index in [2.05, 4.69) is 150 Å². The molecule has 0 aliphatic carbocycles. The third kappa shape index (κ3) is 4.96. The molecule has 0 spiro atoms. The molecule has 0 radical (unpaired) electrons. The second kappa shape index (κ2) is 11.9. The fourth-order valence-corrected chi connectivity index (χ4v) is 7.38. The van der Waals surface area contributed by atoms with Crippen molar-refractivity contribution in [3.05, 3.63) is 182 Å². The zero-order valence-electron chi connectivity index (χ0n) is 27.6. The minimum Gasteiger partial charge on any atom is -0.309 e. The van der Waals surface area contributed by atoms with E-state index in [1.807, 2.05) is 36.4 Å². The van der Waals surface area contributed by atoms with Gasteiger partial charge in [-0.15, -0.1) is 0 Å². The molecule has 0 fully saturated rings. The Kier molecular flexibility index (Phi) is 6.78. The van der Waals surface area contributed by atoms with Crippen LogP contribution in [0.4, 0.5) is 0 Å². The van der Waals surface area contributed by atoms with E-state index in [4.69, 9.17) is 15.0 Å². The third-order valence-corrected chi connectivity index (χ3v) is 9.85. The Balaban J connectivity index is 1.12. The first-order chi connectivity index (χ1) is 25.3. The van der Waals surface area contributed by atoms with E-state index in [1.165, 1.54) is 48.9 Å². The van der Waals surface area contributed by atoms with Crippen LogP contribution in [0.1, 0.15) is 0 Å². The van der Waals surface area contributed by atoms with Crippen LogP contribution in [0.3, 0.4) is 0 Å². The minimum atomic E-state index is 0.636. The maximum absolute atomic E-state index is 5.03. The highest BCUT2D eigenvalue weighted by Crippen LogP contribution is 2.40. The molecule has 0 saturated heterocycles. The lowest BCUT2D eigenvalue weighted by Gasteiger charge is -2.11. The standard InChI is InChI=1S/C47H30N4/c1-3-11-31(12-4-1)32-19-21-36(22-20-32)46-48-45(35-15-5-2-6-16-35)49-47(50-46)37-23-27-38(28-24-37)51-41-29-25-33-13-7-9-17-39(33)43(41)44-40-18-10-8-14-34(40)26-30-42(44)51/h1-30H. The molecule has 10 aromatic rings. The summed E-state index contributed by atoms with van der Waals surface area (Å²) in [5.74, 6) is 1.92. The molecule has 0 bridgehead atoms. The first-order valence-corrected chi connectivity index (χ1v) is 17.2. The summed E-state index contributed by atoms with van der Waals surface area (Å²) in [6.07, 6.45) is 0. The molecular formula is C47H30N4. The van der Waals surface area contributed by atoms with Crippen molar-refractivity contribution in [3.8, 4) is 51.0 Å². The minimum absolute atomic E-state index is 0.636. The van der Waals surface area contributed by atoms with Crippen molar-refractivity contribution in [2.45, 2.75) is 0 Å². The highest BCUT2D eigenvalue weighted by atomic mass is 15.0. The molecule has 2 aromatic heterocycles. The molecule has 0 atom stereocenters. The summed E-state index contributed by atoms with van der Waals surface area (Å²) >= 11 is 0. The second-order valence-corrected chi connectivity index (χ2v) is 12.9. The smallest absolute Gasteiger partial charge is 0.164 e. The Morgan fingerprint density at radius 1 is 0.294 bits per heavy atom. The van der Waals surface area contributed by atoms with Crippen molar-refractivity contribution in [3.63, 3.8) is 0 Å². The lowest BCUT2D eigenvalue weighted by Crippen LogP contribution is -2.00. The molecule has 0 aliphatic rings. The van der Waals surface area contributed by atoms with Crippen molar-refractivity contribution < 1.29 is 0 Å². The van der Waals surface area contributed by atoms with Gasteiger partial charge in [0, 0.05) is 33.2 Å². The Labute approximate surface area is 295 Å². The van der Waals surface area contributed by atoms with Gasteiger partial charge in [0.15, 0.2) is 17.5 Å². The van der Waals surface area contributed by atoms with Crippen molar-refractivity contribution >= 4 is 43.4 Å². The summed E-state index contributed by atoms with van der Waals surface area (Å²) in [4.78, 5) is 15.0. The quantitative estimate of drug-likeness (QED) is 0.186. The van der Waals surface area contributed by atoms with E-state index >= 15 is 0 Å². The van der Waals surface area contributed by atoms with E-state index in [1.54, 1.807) is 0 Å². The van der Waals surface area contributed by atoms with Crippen LogP contribution in [0.5, 0.6) is 0 Å². The third-order valence-electron chi connectivity index (χ3n) is 9.85. The van der Waals surface area contributed by atoms with Gasteiger partial charge in [-0.3, -0.25) is 0 Å². The lowest BCUT2D eigenvalue weighted by molar-refractivity contribution is 1.07. The van der Waals surface area contributed by atoms with Gasteiger partial charge in [-0.25, -0.2) is 15.0 Å². The fraction of sp³-hybridized carbons (Fsp3) is 0.